The van der Waals surface area contributed by atoms with E-state index < -0.39 is 29.0 Å². The van der Waals surface area contributed by atoms with Gasteiger partial charge < -0.3 is 15.4 Å². The molecular weight excluding hydrogens is 362 g/mol. The predicted molar refractivity (Wildman–Crippen MR) is 101 cm³/mol. The van der Waals surface area contributed by atoms with E-state index in [0.29, 0.717) is 19.3 Å². The highest BCUT2D eigenvalue weighted by atomic mass is 16.5. The van der Waals surface area contributed by atoms with Crippen molar-refractivity contribution in [1.82, 2.24) is 15.5 Å². The normalized spacial score (nSPS) is 29.5. The Bertz CT molecular complexity index is 658. The van der Waals surface area contributed by atoms with Crippen LogP contribution in [-0.4, -0.2) is 52.9 Å². The second kappa shape index (κ2) is 8.09. The van der Waals surface area contributed by atoms with Crippen molar-refractivity contribution in [3.8, 4) is 0 Å². The zero-order valence-corrected chi connectivity index (χ0v) is 16.8. The van der Waals surface area contributed by atoms with E-state index in [1.165, 1.54) is 0 Å². The molecule has 3 aliphatic rings. The largest absolute Gasteiger partial charge is 0.464 e. The van der Waals surface area contributed by atoms with Gasteiger partial charge in [-0.15, -0.1) is 0 Å². The van der Waals surface area contributed by atoms with Gasteiger partial charge in [-0.1, -0.05) is 39.0 Å². The van der Waals surface area contributed by atoms with Crippen LogP contribution in [0, 0.1) is 5.92 Å². The number of imide groups is 1. The van der Waals surface area contributed by atoms with Gasteiger partial charge in [-0.05, 0) is 38.5 Å². The van der Waals surface area contributed by atoms with E-state index in [0.717, 1.165) is 43.4 Å². The minimum Gasteiger partial charge on any atom is -0.464 e. The highest BCUT2D eigenvalue weighted by Gasteiger charge is 2.55. The fourth-order valence-corrected chi connectivity index (χ4v) is 4.89. The number of carbonyl (C=O) groups excluding carboxylic acids is 4. The maximum atomic E-state index is 13.0. The van der Waals surface area contributed by atoms with Crippen LogP contribution in [0.15, 0.2) is 0 Å². The van der Waals surface area contributed by atoms with Gasteiger partial charge in [0.15, 0.2) is 0 Å². The first-order valence-electron chi connectivity index (χ1n) is 10.5. The van der Waals surface area contributed by atoms with Crippen LogP contribution in [0.4, 0.5) is 4.79 Å². The maximum Gasteiger partial charge on any atom is 0.331 e. The number of hydrogen-bond acceptors (Lipinski definition) is 5. The van der Waals surface area contributed by atoms with Crippen LogP contribution in [0.2, 0.25) is 0 Å². The van der Waals surface area contributed by atoms with E-state index in [4.69, 9.17) is 4.74 Å². The summed E-state index contributed by atoms with van der Waals surface area (Å²) in [4.78, 5) is 51.7. The molecule has 1 heterocycles. The van der Waals surface area contributed by atoms with Crippen LogP contribution in [0.1, 0.15) is 71.6 Å². The van der Waals surface area contributed by atoms with Crippen molar-refractivity contribution in [3.63, 3.8) is 0 Å². The third-order valence-electron chi connectivity index (χ3n) is 6.56. The van der Waals surface area contributed by atoms with Crippen LogP contribution in [0.25, 0.3) is 0 Å². The van der Waals surface area contributed by atoms with Crippen LogP contribution >= 0.6 is 0 Å². The van der Waals surface area contributed by atoms with Crippen LogP contribution in [0.5, 0.6) is 0 Å². The first kappa shape index (κ1) is 20.6. The average Bonchev–Trinajstić information content (AvgIpc) is 2.90. The summed E-state index contributed by atoms with van der Waals surface area (Å²) >= 11 is 0. The molecule has 1 spiro atoms. The minimum atomic E-state index is -1.06. The van der Waals surface area contributed by atoms with Gasteiger partial charge in [-0.2, -0.15) is 0 Å². The lowest BCUT2D eigenvalue weighted by molar-refractivity contribution is -0.155. The van der Waals surface area contributed by atoms with E-state index in [1.807, 2.05) is 6.92 Å². The van der Waals surface area contributed by atoms with Gasteiger partial charge in [0, 0.05) is 0 Å². The van der Waals surface area contributed by atoms with Crippen molar-refractivity contribution in [3.05, 3.63) is 0 Å². The third-order valence-corrected chi connectivity index (χ3v) is 6.56. The molecule has 3 fully saturated rings. The molecule has 4 amide bonds. The molecular formula is C20H31N3O5. The van der Waals surface area contributed by atoms with E-state index in [1.54, 1.807) is 6.92 Å². The standard InChI is InChI=1S/C20H31N3O5/c1-3-28-17(26)19(10-6-4-7-11-19)21-15(24)13-23-16(25)20(22-18(23)27)12-8-5-9-14(20)2/h14H,3-13H2,1-2H3,(H,21,24)(H,22,27)/t14-,20+/m0/s1. The molecule has 0 radical (unpaired) electrons. The monoisotopic (exact) mass is 393 g/mol. The minimum absolute atomic E-state index is 0.0370. The molecule has 0 bridgehead atoms. The molecule has 1 saturated heterocycles. The molecule has 2 N–H and O–H groups in total. The fraction of sp³-hybridized carbons (Fsp3) is 0.800. The number of rotatable bonds is 5. The van der Waals surface area contributed by atoms with Gasteiger partial charge in [0.05, 0.1) is 6.61 Å². The topological polar surface area (TPSA) is 105 Å². The molecule has 2 saturated carbocycles. The molecule has 0 aromatic carbocycles. The SMILES string of the molecule is CCOC(=O)C1(NC(=O)CN2C(=O)N[C@@]3(CCCC[C@@H]3C)C2=O)CCCCC1. The van der Waals surface area contributed by atoms with E-state index >= 15 is 0 Å². The Morgan fingerprint density at radius 3 is 2.46 bits per heavy atom. The van der Waals surface area contributed by atoms with Crippen molar-refractivity contribution in [2.24, 2.45) is 5.92 Å². The number of hydrogen-bond donors (Lipinski definition) is 2. The van der Waals surface area contributed by atoms with Gasteiger partial charge in [0.25, 0.3) is 5.91 Å². The van der Waals surface area contributed by atoms with Crippen LogP contribution < -0.4 is 10.6 Å². The van der Waals surface area contributed by atoms with Gasteiger partial charge in [-0.25, -0.2) is 9.59 Å². The van der Waals surface area contributed by atoms with E-state index in [9.17, 15) is 19.2 Å². The third kappa shape index (κ3) is 3.61. The van der Waals surface area contributed by atoms with Crippen molar-refractivity contribution in [2.45, 2.75) is 82.7 Å². The molecule has 2 aliphatic carbocycles. The van der Waals surface area contributed by atoms with Crippen molar-refractivity contribution < 1.29 is 23.9 Å². The highest BCUT2D eigenvalue weighted by Crippen LogP contribution is 2.38. The van der Waals surface area contributed by atoms with Crippen molar-refractivity contribution >= 4 is 23.8 Å². The first-order valence-corrected chi connectivity index (χ1v) is 10.5. The maximum absolute atomic E-state index is 13.0. The lowest BCUT2D eigenvalue weighted by atomic mass is 9.73. The Labute approximate surface area is 165 Å². The van der Waals surface area contributed by atoms with Crippen molar-refractivity contribution in [2.75, 3.05) is 13.2 Å². The average molecular weight is 393 g/mol. The quantitative estimate of drug-likeness (QED) is 0.548. The molecule has 8 nitrogen and oxygen atoms in total. The molecule has 0 unspecified atom stereocenters. The van der Waals surface area contributed by atoms with Gasteiger partial charge in [-0.3, -0.25) is 14.5 Å². The number of esters is 1. The fourth-order valence-electron chi connectivity index (χ4n) is 4.89. The Morgan fingerprint density at radius 2 is 1.82 bits per heavy atom. The van der Waals surface area contributed by atoms with Gasteiger partial charge in [0.2, 0.25) is 5.91 Å². The molecule has 156 valence electrons. The molecule has 8 heteroatoms. The van der Waals surface area contributed by atoms with Gasteiger partial charge in [0.1, 0.15) is 17.6 Å². The molecule has 3 rings (SSSR count). The summed E-state index contributed by atoms with van der Waals surface area (Å²) in [7, 11) is 0. The zero-order valence-electron chi connectivity index (χ0n) is 16.8. The number of nitrogens with zero attached hydrogens (tertiary/aromatic N) is 1. The number of nitrogens with one attached hydrogen (secondary N) is 2. The summed E-state index contributed by atoms with van der Waals surface area (Å²) in [6.07, 6.45) is 7.06. The molecule has 0 aromatic heterocycles. The first-order chi connectivity index (χ1) is 13.3. The number of urea groups is 1. The molecule has 28 heavy (non-hydrogen) atoms. The second-order valence-corrected chi connectivity index (χ2v) is 8.35. The zero-order chi connectivity index (χ0) is 20.4. The Kier molecular flexibility index (Phi) is 5.95. The summed E-state index contributed by atoms with van der Waals surface area (Å²) < 4.78 is 5.19. The lowest BCUT2D eigenvalue weighted by Gasteiger charge is -2.37. The second-order valence-electron chi connectivity index (χ2n) is 8.35. The number of ether oxygens (including phenoxy) is 1. The summed E-state index contributed by atoms with van der Waals surface area (Å²) in [5.74, 6) is -1.22. The van der Waals surface area contributed by atoms with Gasteiger partial charge >= 0.3 is 12.0 Å². The summed E-state index contributed by atoms with van der Waals surface area (Å²) in [5.41, 5.74) is -1.94. The number of carbonyl (C=O) groups is 4. The summed E-state index contributed by atoms with van der Waals surface area (Å²) in [6, 6.07) is -0.525. The lowest BCUT2D eigenvalue weighted by Crippen LogP contribution is -2.58. The smallest absolute Gasteiger partial charge is 0.331 e. The molecule has 0 aromatic rings. The summed E-state index contributed by atoms with van der Waals surface area (Å²) in [6.45, 7) is 3.57. The predicted octanol–water partition coefficient (Wildman–Crippen LogP) is 1.87. The Morgan fingerprint density at radius 1 is 1.14 bits per heavy atom. The van der Waals surface area contributed by atoms with E-state index in [-0.39, 0.29) is 25.0 Å². The van der Waals surface area contributed by atoms with E-state index in [2.05, 4.69) is 10.6 Å². The highest BCUT2D eigenvalue weighted by molar-refractivity contribution is 6.09. The number of amides is 4. The summed E-state index contributed by atoms with van der Waals surface area (Å²) in [5, 5.41) is 5.65. The van der Waals surface area contributed by atoms with Crippen LogP contribution in [-0.2, 0) is 19.1 Å². The van der Waals surface area contributed by atoms with Crippen molar-refractivity contribution in [1.29, 1.82) is 0 Å². The molecule has 1 aliphatic heterocycles. The van der Waals surface area contributed by atoms with Crippen LogP contribution in [0.3, 0.4) is 0 Å². The Balaban J connectivity index is 1.70. The molecule has 2 atom stereocenters. The Hall–Kier alpha value is -2.12.